The first-order valence-corrected chi connectivity index (χ1v) is 6.45. The smallest absolute Gasteiger partial charge is 0.234 e. The number of nitrogens with two attached hydrogens (primary N) is 1. The third kappa shape index (κ3) is 3.40. The quantitative estimate of drug-likeness (QED) is 0.721. The first-order chi connectivity index (χ1) is 8.19. The van der Waals surface area contributed by atoms with Gasteiger partial charge in [-0.25, -0.2) is 0 Å². The summed E-state index contributed by atoms with van der Waals surface area (Å²) >= 11 is 4.91. The van der Waals surface area contributed by atoms with E-state index < -0.39 is 11.0 Å². The van der Waals surface area contributed by atoms with Crippen LogP contribution in [0.3, 0.4) is 0 Å². The zero-order valence-corrected chi connectivity index (χ0v) is 12.0. The topological polar surface area (TPSA) is 75.8 Å². The number of rotatable bonds is 4. The Kier molecular flexibility index (Phi) is 4.69. The molecule has 1 aliphatic rings. The van der Waals surface area contributed by atoms with Gasteiger partial charge in [0, 0.05) is 39.6 Å². The van der Waals surface area contributed by atoms with Gasteiger partial charge in [-0.3, -0.25) is 4.79 Å². The molecule has 5 nitrogen and oxygen atoms in total. The largest absolute Gasteiger partial charge is 0.392 e. The maximum absolute atomic E-state index is 12.2. The Morgan fingerprint density at radius 3 is 2.44 bits per heavy atom. The molecule has 0 saturated carbocycles. The van der Waals surface area contributed by atoms with E-state index in [2.05, 4.69) is 0 Å². The first-order valence-electron chi connectivity index (χ1n) is 6.05. The third-order valence-electron chi connectivity index (χ3n) is 3.45. The van der Waals surface area contributed by atoms with Crippen LogP contribution < -0.4 is 5.73 Å². The summed E-state index contributed by atoms with van der Waals surface area (Å²) in [5, 5.41) is 10.4. The first kappa shape index (κ1) is 15.3. The second-order valence-electron chi connectivity index (χ2n) is 5.49. The van der Waals surface area contributed by atoms with Crippen molar-refractivity contribution in [3.63, 3.8) is 0 Å². The lowest BCUT2D eigenvalue weighted by Crippen LogP contribution is -2.52. The second kappa shape index (κ2) is 5.50. The van der Waals surface area contributed by atoms with Gasteiger partial charge in [0.25, 0.3) is 0 Å². The number of likely N-dealkylation sites (N-methyl/N-ethyl adjacent to an activating group) is 1. The third-order valence-corrected chi connectivity index (χ3v) is 3.96. The molecule has 3 N–H and O–H groups in total. The normalized spacial score (nSPS) is 19.3. The van der Waals surface area contributed by atoms with Crippen molar-refractivity contribution in [1.29, 1.82) is 0 Å². The van der Waals surface area contributed by atoms with Gasteiger partial charge in [-0.1, -0.05) is 12.2 Å². The van der Waals surface area contributed by atoms with Gasteiger partial charge >= 0.3 is 0 Å². The number of nitrogens with zero attached hydrogens (tertiary/aromatic N) is 1. The molecular weight excluding hydrogens is 252 g/mol. The number of carbonyl (C=O) groups is 1. The van der Waals surface area contributed by atoms with Crippen LogP contribution in [0.4, 0.5) is 0 Å². The number of hydrogen-bond donors (Lipinski definition) is 2. The molecule has 1 aliphatic heterocycles. The lowest BCUT2D eigenvalue weighted by molar-refractivity contribution is -0.142. The SMILES string of the molecule is CN(CC1(O)CCOCC1)C(=O)C(C)(C)C(N)=S. The van der Waals surface area contributed by atoms with E-state index >= 15 is 0 Å². The standard InChI is InChI=1S/C12H22N2O3S/c1-11(2,9(13)18)10(15)14(3)8-12(16)4-6-17-7-5-12/h16H,4-8H2,1-3H3,(H2,13,18). The van der Waals surface area contributed by atoms with Crippen molar-refractivity contribution >= 4 is 23.1 Å². The fraction of sp³-hybridized carbons (Fsp3) is 0.833. The molecule has 0 aliphatic carbocycles. The number of thiocarbonyl (C=S) groups is 1. The van der Waals surface area contributed by atoms with Crippen LogP contribution in [0.5, 0.6) is 0 Å². The molecule has 0 aromatic heterocycles. The van der Waals surface area contributed by atoms with Crippen LogP contribution >= 0.6 is 12.2 Å². The van der Waals surface area contributed by atoms with Crippen LogP contribution in [0.25, 0.3) is 0 Å². The molecule has 1 rings (SSSR count). The number of hydrogen-bond acceptors (Lipinski definition) is 4. The summed E-state index contributed by atoms with van der Waals surface area (Å²) in [4.78, 5) is 13.9. The molecule has 1 saturated heterocycles. The van der Waals surface area contributed by atoms with Crippen LogP contribution in [0.1, 0.15) is 26.7 Å². The average Bonchev–Trinajstić information content (AvgIpc) is 2.28. The summed E-state index contributed by atoms with van der Waals surface area (Å²) in [7, 11) is 1.66. The van der Waals surface area contributed by atoms with E-state index in [1.807, 2.05) is 0 Å². The van der Waals surface area contributed by atoms with Crippen molar-refractivity contribution in [2.45, 2.75) is 32.3 Å². The van der Waals surface area contributed by atoms with Crippen LogP contribution in [-0.2, 0) is 9.53 Å². The lowest BCUT2D eigenvalue weighted by atomic mass is 9.89. The van der Waals surface area contributed by atoms with Crippen molar-refractivity contribution in [3.05, 3.63) is 0 Å². The summed E-state index contributed by atoms with van der Waals surface area (Å²) in [6, 6.07) is 0. The Morgan fingerprint density at radius 2 is 2.00 bits per heavy atom. The maximum atomic E-state index is 12.2. The van der Waals surface area contributed by atoms with Gasteiger partial charge in [0.2, 0.25) is 5.91 Å². The van der Waals surface area contributed by atoms with E-state index in [1.54, 1.807) is 20.9 Å². The molecule has 1 amide bonds. The molecule has 0 radical (unpaired) electrons. The van der Waals surface area contributed by atoms with E-state index in [1.165, 1.54) is 4.90 Å². The van der Waals surface area contributed by atoms with Gasteiger partial charge in [-0.15, -0.1) is 0 Å². The van der Waals surface area contributed by atoms with Crippen LogP contribution in [0.2, 0.25) is 0 Å². The minimum atomic E-state index is -0.883. The lowest BCUT2D eigenvalue weighted by Gasteiger charge is -2.37. The van der Waals surface area contributed by atoms with Gasteiger partial charge < -0.3 is 20.5 Å². The van der Waals surface area contributed by atoms with Crippen LogP contribution in [0, 0.1) is 5.41 Å². The van der Waals surface area contributed by atoms with Gasteiger partial charge in [0.1, 0.15) is 0 Å². The number of carbonyl (C=O) groups excluding carboxylic acids is 1. The van der Waals surface area contributed by atoms with Crippen molar-refractivity contribution < 1.29 is 14.6 Å². The summed E-state index contributed by atoms with van der Waals surface area (Å²) in [5.74, 6) is -0.171. The Labute approximate surface area is 113 Å². The van der Waals surface area contributed by atoms with E-state index in [4.69, 9.17) is 22.7 Å². The summed E-state index contributed by atoms with van der Waals surface area (Å²) in [5.41, 5.74) is 3.83. The van der Waals surface area contributed by atoms with Gasteiger partial charge in [0.15, 0.2) is 0 Å². The number of amides is 1. The molecule has 0 unspecified atom stereocenters. The molecule has 0 atom stereocenters. The summed E-state index contributed by atoms with van der Waals surface area (Å²) in [6.07, 6.45) is 1.08. The molecule has 0 spiro atoms. The fourth-order valence-corrected chi connectivity index (χ4v) is 2.09. The Bertz CT molecular complexity index is 338. The van der Waals surface area contributed by atoms with Crippen molar-refractivity contribution in [2.24, 2.45) is 11.1 Å². The minimum absolute atomic E-state index is 0.165. The van der Waals surface area contributed by atoms with E-state index in [9.17, 15) is 9.90 Å². The molecular formula is C12H22N2O3S. The van der Waals surface area contributed by atoms with Crippen LogP contribution in [-0.4, -0.2) is 53.3 Å². The maximum Gasteiger partial charge on any atom is 0.234 e. The van der Waals surface area contributed by atoms with E-state index in [0.29, 0.717) is 26.1 Å². The molecule has 1 fully saturated rings. The average molecular weight is 274 g/mol. The molecule has 0 aromatic carbocycles. The van der Waals surface area contributed by atoms with Gasteiger partial charge in [0.05, 0.1) is 16.0 Å². The fourth-order valence-electron chi connectivity index (χ4n) is 2.01. The zero-order chi connectivity index (χ0) is 14.0. The Morgan fingerprint density at radius 1 is 1.50 bits per heavy atom. The minimum Gasteiger partial charge on any atom is -0.392 e. The Hall–Kier alpha value is -0.720. The predicted molar refractivity (Wildman–Crippen MR) is 73.2 cm³/mol. The van der Waals surface area contributed by atoms with E-state index in [-0.39, 0.29) is 17.4 Å². The Balaban J connectivity index is 2.67. The highest BCUT2D eigenvalue weighted by molar-refractivity contribution is 7.80. The van der Waals surface area contributed by atoms with Gasteiger partial charge in [-0.05, 0) is 13.8 Å². The van der Waals surface area contributed by atoms with Crippen molar-refractivity contribution in [2.75, 3.05) is 26.8 Å². The predicted octanol–water partition coefficient (Wildman–Crippen LogP) is 0.299. The number of aliphatic hydroxyl groups is 1. The van der Waals surface area contributed by atoms with Crippen molar-refractivity contribution in [1.82, 2.24) is 4.90 Å². The molecule has 1 heterocycles. The highest BCUT2D eigenvalue weighted by Crippen LogP contribution is 2.24. The van der Waals surface area contributed by atoms with E-state index in [0.717, 1.165) is 0 Å². The molecule has 0 bridgehead atoms. The number of ether oxygens (including phenoxy) is 1. The highest BCUT2D eigenvalue weighted by atomic mass is 32.1. The monoisotopic (exact) mass is 274 g/mol. The van der Waals surface area contributed by atoms with Crippen LogP contribution in [0.15, 0.2) is 0 Å². The van der Waals surface area contributed by atoms with Crippen molar-refractivity contribution in [3.8, 4) is 0 Å². The zero-order valence-electron chi connectivity index (χ0n) is 11.2. The van der Waals surface area contributed by atoms with Gasteiger partial charge in [-0.2, -0.15) is 0 Å². The summed E-state index contributed by atoms with van der Waals surface area (Å²) < 4.78 is 5.21. The molecule has 104 valence electrons. The highest BCUT2D eigenvalue weighted by Gasteiger charge is 2.38. The summed E-state index contributed by atoms with van der Waals surface area (Å²) in [6.45, 7) is 4.72. The molecule has 0 aromatic rings. The molecule has 18 heavy (non-hydrogen) atoms. The molecule has 6 heteroatoms. The second-order valence-corrected chi connectivity index (χ2v) is 5.93.